The summed E-state index contributed by atoms with van der Waals surface area (Å²) in [6, 6.07) is 3.90. The van der Waals surface area contributed by atoms with Crippen molar-refractivity contribution in [1.29, 1.82) is 0 Å². The molecule has 1 aromatic carbocycles. The summed E-state index contributed by atoms with van der Waals surface area (Å²) < 4.78 is 60.6. The molecule has 2 aromatic heterocycles. The van der Waals surface area contributed by atoms with E-state index >= 15 is 0 Å². The molecular formula is C22H21F4N5O2S2. The maximum atomic E-state index is 14.2. The average Bonchev–Trinajstić information content (AvgIpc) is 3.55. The number of nitrogens with one attached hydrogen (secondary N) is 3. The standard InChI is InChI=1S/C22H21F4N5O2S2/c1-9(2)11-6-14(29-20(11)32)21-30-19(31-33-21)18-17(35-22(24,25)26)10-4-3-5-13(16(10)34-18)28-15-8-27-7-12(15)23/h3-5,12,14-15,27-28H,6-8H2,1-2H3,(H,29,32)/t12-,14?,15+/m0/s1. The van der Waals surface area contributed by atoms with Crippen LogP contribution in [0.4, 0.5) is 23.2 Å². The molecular weight excluding hydrogens is 506 g/mol. The van der Waals surface area contributed by atoms with Crippen molar-refractivity contribution in [3.63, 3.8) is 0 Å². The normalized spacial score (nSPS) is 22.7. The maximum Gasteiger partial charge on any atom is 0.446 e. The van der Waals surface area contributed by atoms with E-state index in [1.807, 2.05) is 13.8 Å². The zero-order valence-electron chi connectivity index (χ0n) is 18.6. The van der Waals surface area contributed by atoms with Crippen molar-refractivity contribution < 1.29 is 26.9 Å². The van der Waals surface area contributed by atoms with Crippen molar-refractivity contribution in [1.82, 2.24) is 20.8 Å². The molecule has 2 aliphatic rings. The van der Waals surface area contributed by atoms with Gasteiger partial charge in [-0.15, -0.1) is 11.3 Å². The number of benzene rings is 1. The Kier molecular flexibility index (Phi) is 6.26. The molecule has 2 fully saturated rings. The molecule has 7 nitrogen and oxygen atoms in total. The van der Waals surface area contributed by atoms with Crippen LogP contribution in [0.3, 0.4) is 0 Å². The molecule has 0 radical (unpaired) electrons. The fraction of sp³-hybridized carbons (Fsp3) is 0.409. The second kappa shape index (κ2) is 9.10. The number of thiophene rings is 1. The molecule has 3 atom stereocenters. The first-order chi connectivity index (χ1) is 16.6. The number of thioether (sulfide) groups is 1. The van der Waals surface area contributed by atoms with Gasteiger partial charge >= 0.3 is 5.51 Å². The van der Waals surface area contributed by atoms with Gasteiger partial charge in [0.1, 0.15) is 12.2 Å². The van der Waals surface area contributed by atoms with Crippen molar-refractivity contribution in [3.05, 3.63) is 35.2 Å². The van der Waals surface area contributed by atoms with E-state index in [0.717, 1.165) is 16.9 Å². The van der Waals surface area contributed by atoms with Gasteiger partial charge in [0.25, 0.3) is 0 Å². The van der Waals surface area contributed by atoms with E-state index in [2.05, 4.69) is 26.1 Å². The molecule has 35 heavy (non-hydrogen) atoms. The Morgan fingerprint density at radius 1 is 1.29 bits per heavy atom. The van der Waals surface area contributed by atoms with E-state index in [0.29, 0.717) is 34.3 Å². The molecule has 0 aliphatic carbocycles. The van der Waals surface area contributed by atoms with Gasteiger partial charge in [0.2, 0.25) is 17.6 Å². The number of halogens is 4. The Morgan fingerprint density at radius 2 is 2.09 bits per heavy atom. The van der Waals surface area contributed by atoms with Gasteiger partial charge in [0.15, 0.2) is 0 Å². The molecule has 3 aromatic rings. The summed E-state index contributed by atoms with van der Waals surface area (Å²) in [7, 11) is 0. The summed E-state index contributed by atoms with van der Waals surface area (Å²) in [5.74, 6) is -0.0985. The third-order valence-electron chi connectivity index (χ3n) is 5.90. The monoisotopic (exact) mass is 527 g/mol. The number of carbonyl (C=O) groups is 1. The number of alkyl halides is 4. The number of fused-ring (bicyclic) bond motifs is 1. The summed E-state index contributed by atoms with van der Waals surface area (Å²) in [5.41, 5.74) is -2.52. The first-order valence-electron chi connectivity index (χ1n) is 10.8. The molecule has 2 saturated heterocycles. The highest BCUT2D eigenvalue weighted by atomic mass is 32.2. The summed E-state index contributed by atoms with van der Waals surface area (Å²) in [5, 5.41) is 13.2. The molecule has 1 amide bonds. The number of hydrogen-bond donors (Lipinski definition) is 3. The smallest absolute Gasteiger partial charge is 0.377 e. The van der Waals surface area contributed by atoms with Crippen LogP contribution >= 0.6 is 23.1 Å². The molecule has 13 heteroatoms. The summed E-state index contributed by atoms with van der Waals surface area (Å²) >= 11 is 0.837. The minimum absolute atomic E-state index is 0.00435. The molecule has 0 saturated carbocycles. The lowest BCUT2D eigenvalue weighted by atomic mass is 10.1. The van der Waals surface area contributed by atoms with Crippen LogP contribution in [-0.2, 0) is 4.79 Å². The third-order valence-corrected chi connectivity index (χ3v) is 8.13. The van der Waals surface area contributed by atoms with Crippen LogP contribution in [0.25, 0.3) is 20.8 Å². The number of nitrogens with zero attached hydrogens (tertiary/aromatic N) is 2. The second-order valence-electron chi connectivity index (χ2n) is 8.58. The number of rotatable bonds is 5. The lowest BCUT2D eigenvalue weighted by molar-refractivity contribution is -0.116. The van der Waals surface area contributed by atoms with E-state index < -0.39 is 23.8 Å². The highest BCUT2D eigenvalue weighted by Crippen LogP contribution is 2.50. The van der Waals surface area contributed by atoms with Gasteiger partial charge in [0, 0.05) is 35.4 Å². The molecule has 0 spiro atoms. The van der Waals surface area contributed by atoms with Crippen molar-refractivity contribution in [3.8, 4) is 10.7 Å². The van der Waals surface area contributed by atoms with E-state index in [9.17, 15) is 22.4 Å². The zero-order valence-corrected chi connectivity index (χ0v) is 20.3. The molecule has 2 aliphatic heterocycles. The molecule has 186 valence electrons. The number of anilines is 1. The fourth-order valence-electron chi connectivity index (χ4n) is 4.20. The van der Waals surface area contributed by atoms with Gasteiger partial charge in [0.05, 0.1) is 21.3 Å². The van der Waals surface area contributed by atoms with Crippen LogP contribution in [0.15, 0.2) is 38.8 Å². The topological polar surface area (TPSA) is 92.1 Å². The Hall–Kier alpha value is -2.64. The number of hydrogen-bond acceptors (Lipinski definition) is 8. The van der Waals surface area contributed by atoms with Crippen LogP contribution in [0, 0.1) is 0 Å². The number of amides is 1. The SMILES string of the molecule is CC(C)=C1CC(c2nc(-c3sc4c(N[C@@H]5CNC[C@@H]5F)cccc4c3SC(F)(F)F)no2)NC1=O. The predicted molar refractivity (Wildman–Crippen MR) is 126 cm³/mol. The Balaban J connectivity index is 1.54. The summed E-state index contributed by atoms with van der Waals surface area (Å²) in [6.45, 7) is 4.28. The molecule has 3 N–H and O–H groups in total. The Morgan fingerprint density at radius 3 is 2.74 bits per heavy atom. The van der Waals surface area contributed by atoms with E-state index in [1.165, 1.54) is 0 Å². The maximum absolute atomic E-state index is 14.2. The largest absolute Gasteiger partial charge is 0.446 e. The average molecular weight is 528 g/mol. The van der Waals surface area contributed by atoms with Crippen LogP contribution in [0.1, 0.15) is 32.2 Å². The van der Waals surface area contributed by atoms with Crippen molar-refractivity contribution in [2.75, 3.05) is 18.4 Å². The first kappa shape index (κ1) is 24.1. The Labute approximate surface area is 205 Å². The third kappa shape index (κ3) is 4.76. The molecule has 1 unspecified atom stereocenters. The second-order valence-corrected chi connectivity index (χ2v) is 10.7. The summed E-state index contributed by atoms with van der Waals surface area (Å²) in [6.07, 6.45) is -0.756. The van der Waals surface area contributed by atoms with Crippen molar-refractivity contribution in [2.24, 2.45) is 0 Å². The van der Waals surface area contributed by atoms with Gasteiger partial charge in [-0.3, -0.25) is 4.79 Å². The lowest BCUT2D eigenvalue weighted by Gasteiger charge is -2.16. The minimum atomic E-state index is -4.55. The quantitative estimate of drug-likeness (QED) is 0.239. The van der Waals surface area contributed by atoms with Crippen LogP contribution in [0.5, 0.6) is 0 Å². The minimum Gasteiger partial charge on any atom is -0.377 e. The van der Waals surface area contributed by atoms with Gasteiger partial charge in [-0.25, -0.2) is 4.39 Å². The van der Waals surface area contributed by atoms with E-state index in [4.69, 9.17) is 4.52 Å². The van der Waals surface area contributed by atoms with Crippen molar-refractivity contribution in [2.45, 2.75) is 48.9 Å². The van der Waals surface area contributed by atoms with Crippen LogP contribution in [-0.4, -0.2) is 46.9 Å². The van der Waals surface area contributed by atoms with E-state index in [1.54, 1.807) is 18.2 Å². The van der Waals surface area contributed by atoms with Crippen LogP contribution < -0.4 is 16.0 Å². The Bertz CT molecular complexity index is 1310. The van der Waals surface area contributed by atoms with Crippen molar-refractivity contribution >= 4 is 44.8 Å². The van der Waals surface area contributed by atoms with E-state index in [-0.39, 0.29) is 45.7 Å². The molecule has 0 bridgehead atoms. The van der Waals surface area contributed by atoms with Gasteiger partial charge < -0.3 is 20.5 Å². The van der Waals surface area contributed by atoms with Crippen LogP contribution in [0.2, 0.25) is 0 Å². The predicted octanol–water partition coefficient (Wildman–Crippen LogP) is 5.18. The number of allylic oxidation sites excluding steroid dienone is 1. The van der Waals surface area contributed by atoms with Gasteiger partial charge in [-0.1, -0.05) is 22.9 Å². The van der Waals surface area contributed by atoms with Gasteiger partial charge in [-0.2, -0.15) is 18.2 Å². The zero-order chi connectivity index (χ0) is 24.9. The summed E-state index contributed by atoms with van der Waals surface area (Å²) in [4.78, 5) is 16.7. The highest BCUT2D eigenvalue weighted by molar-refractivity contribution is 8.00. The lowest BCUT2D eigenvalue weighted by Crippen LogP contribution is -2.29. The number of aromatic nitrogens is 2. The highest BCUT2D eigenvalue weighted by Gasteiger charge is 2.36. The molecule has 5 rings (SSSR count). The molecule has 4 heterocycles. The first-order valence-corrected chi connectivity index (χ1v) is 12.5. The van der Waals surface area contributed by atoms with Gasteiger partial charge in [-0.05, 0) is 31.7 Å². The fourth-order valence-corrected chi connectivity index (χ4v) is 6.31. The number of carbonyl (C=O) groups excluding carboxylic acids is 1.